The Kier molecular flexibility index (Phi) is 25.0. The van der Waals surface area contributed by atoms with E-state index in [9.17, 15) is 50.9 Å². The lowest BCUT2D eigenvalue weighted by Crippen LogP contribution is -2.26. The van der Waals surface area contributed by atoms with Crippen LogP contribution in [0, 0.1) is 11.6 Å². The van der Waals surface area contributed by atoms with Crippen LogP contribution >= 0.6 is 11.6 Å². The quantitative estimate of drug-likeness (QED) is 0.0557. The molecule has 10 aromatic carbocycles. The smallest absolute Gasteiger partial charge is 0.261 e. The van der Waals surface area contributed by atoms with Gasteiger partial charge in [0.1, 0.15) is 11.6 Å². The molecule has 5 aromatic heterocycles. The monoisotopic (exact) mass is 1820 g/mol. The average molecular weight is 1820 g/mol. The molecule has 15 aromatic rings. The molecule has 126 heavy (non-hydrogen) atoms. The summed E-state index contributed by atoms with van der Waals surface area (Å²) in [5, 5.41) is 5.46. The third kappa shape index (κ3) is 18.7. The SMILES string of the molecule is CN1CCc2[nH]c3ccc(S(=O)(=O)Nc4cccc(F)c4)cc3c2C1.CN1CCc2c(c3cc(S(=O)(=O)Nc4cccc(Cl)c4)ccc3n2C)C1.CN1CCc2c(c3cc(S(=O)(=O)Nc4cccc(F)c4)ccc3n2C)C1.CN1CCc2c(c3cc(S(=O)(=O)Nc4ccccc4)ccc3n2C)C1.Cn1c2c(c3cc(S(=O)(=O)Nc4ccccc4)ccc31)CCCC2. The molecule has 0 fully saturated rings. The van der Waals surface area contributed by atoms with Crippen LogP contribution in [0.2, 0.25) is 5.02 Å². The van der Waals surface area contributed by atoms with Gasteiger partial charge in [0.25, 0.3) is 50.1 Å². The number of hydrogen-bond acceptors (Lipinski definition) is 14. The number of hydrogen-bond donors (Lipinski definition) is 6. The summed E-state index contributed by atoms with van der Waals surface area (Å²) < 4.78 is 176. The van der Waals surface area contributed by atoms with E-state index in [0.717, 1.165) is 163 Å². The van der Waals surface area contributed by atoms with Crippen molar-refractivity contribution in [2.75, 3.05) is 78.0 Å². The van der Waals surface area contributed by atoms with Crippen molar-refractivity contribution in [2.45, 2.75) is 102 Å². The van der Waals surface area contributed by atoms with Gasteiger partial charge in [-0.25, -0.2) is 50.9 Å². The van der Waals surface area contributed by atoms with Gasteiger partial charge in [0.05, 0.1) is 41.5 Å². The van der Waals surface area contributed by atoms with Crippen LogP contribution in [0.5, 0.6) is 0 Å². The molecule has 4 aliphatic heterocycles. The Bertz CT molecular complexity index is 7150. The van der Waals surface area contributed by atoms with Crippen molar-refractivity contribution in [3.8, 4) is 0 Å². The number of likely N-dealkylation sites (N-methyl/N-ethyl adjacent to an activating group) is 4. The van der Waals surface area contributed by atoms with Gasteiger partial charge in [-0.05, 0) is 252 Å². The van der Waals surface area contributed by atoms with Gasteiger partial charge in [-0.15, -0.1) is 0 Å². The first-order valence-electron chi connectivity index (χ1n) is 41.4. The molecule has 6 N–H and O–H groups in total. The minimum atomic E-state index is -3.79. The van der Waals surface area contributed by atoms with E-state index >= 15 is 0 Å². The number of nitrogens with zero attached hydrogens (tertiary/aromatic N) is 8. The predicted molar refractivity (Wildman–Crippen MR) is 498 cm³/mol. The summed E-state index contributed by atoms with van der Waals surface area (Å²) >= 11 is 5.95. The topological polar surface area (TPSA) is 279 Å². The van der Waals surface area contributed by atoms with Gasteiger partial charge in [0, 0.05) is 206 Å². The first-order chi connectivity index (χ1) is 60.1. The normalized spacial score (nSPS) is 15.1. The van der Waals surface area contributed by atoms with E-state index in [2.05, 4.69) is 102 Å². The number of rotatable bonds is 15. The Morgan fingerprint density at radius 2 is 0.595 bits per heavy atom. The highest BCUT2D eigenvalue weighted by Gasteiger charge is 2.30. The van der Waals surface area contributed by atoms with Crippen LogP contribution in [0.3, 0.4) is 0 Å². The van der Waals surface area contributed by atoms with Crippen LogP contribution in [0.1, 0.15) is 69.1 Å². The molecule has 24 nitrogen and oxygen atoms in total. The number of fused-ring (bicyclic) bond motifs is 15. The number of halogens is 3. The van der Waals surface area contributed by atoms with Gasteiger partial charge >= 0.3 is 0 Å². The van der Waals surface area contributed by atoms with E-state index < -0.39 is 61.8 Å². The highest BCUT2D eigenvalue weighted by Crippen LogP contribution is 2.39. The summed E-state index contributed by atoms with van der Waals surface area (Å²) in [6, 6.07) is 61.9. The molecule has 0 saturated heterocycles. The van der Waals surface area contributed by atoms with Crippen molar-refractivity contribution in [1.29, 1.82) is 0 Å². The lowest BCUT2D eigenvalue weighted by molar-refractivity contribution is 0.310. The second-order valence-electron chi connectivity index (χ2n) is 32.9. The van der Waals surface area contributed by atoms with Crippen LogP contribution in [0.25, 0.3) is 54.5 Å². The second-order valence-corrected chi connectivity index (χ2v) is 41.7. The third-order valence-corrected chi connectivity index (χ3v) is 31.3. The number of nitrogens with one attached hydrogen (secondary N) is 6. The van der Waals surface area contributed by atoms with Crippen molar-refractivity contribution in [3.05, 3.63) is 297 Å². The number of aryl methyl sites for hydroxylation is 5. The lowest BCUT2D eigenvalue weighted by atomic mass is 9.96. The Morgan fingerprint density at radius 3 is 0.968 bits per heavy atom. The van der Waals surface area contributed by atoms with E-state index in [1.807, 2.05) is 87.9 Å². The van der Waals surface area contributed by atoms with Crippen molar-refractivity contribution in [3.63, 3.8) is 0 Å². The highest BCUT2D eigenvalue weighted by molar-refractivity contribution is 7.94. The summed E-state index contributed by atoms with van der Waals surface area (Å²) in [6.07, 6.45) is 8.31. The molecule has 32 heteroatoms. The van der Waals surface area contributed by atoms with Crippen molar-refractivity contribution in [1.82, 2.24) is 42.9 Å². The van der Waals surface area contributed by atoms with Gasteiger partial charge in [-0.1, -0.05) is 66.2 Å². The zero-order valence-corrected chi connectivity index (χ0v) is 75.8. The maximum absolute atomic E-state index is 13.3. The number of para-hydroxylation sites is 2. The Morgan fingerprint density at radius 1 is 0.294 bits per heavy atom. The van der Waals surface area contributed by atoms with Gasteiger partial charge in [-0.2, -0.15) is 0 Å². The summed E-state index contributed by atoms with van der Waals surface area (Å²) in [4.78, 5) is 13.6. The summed E-state index contributed by atoms with van der Waals surface area (Å²) in [7, 11) is -1.96. The Labute approximate surface area is 738 Å². The number of sulfonamides is 5. The standard InChI is InChI=1S/C19H20ClN3O2S.C19H20FN3O2S.C19H21N3O2S.C19H20N2O2S.C18H18FN3O2S/c2*1-22-9-8-19-17(12-22)16-11-15(6-7-18(16)23(19)2)26(24,25)21-14-5-3-4-13(20)10-14;1-21-11-10-19-17(13-21)16-12-15(8-9-18(16)22(19)2)25(23,24)20-14-6-4-3-5-7-14;1-21-18-10-6-5-9-16(18)17-13-15(11-12-19(17)21)24(22,23)20-14-7-3-2-4-8-14;1-22-8-7-18-16(11-22)15-10-14(5-6-17(15)20-18)25(23,24)21-13-4-2-3-12(19)9-13/h2*3-7,10-11,21H,8-9,12H2,1-2H3;3-9,12,20H,10-11,13H2,1-2H3;2-4,7-8,11-13,20H,5-6,9-10H2,1H3;2-6,9-10,20-21H,7-8,11H2,1H3. The fourth-order valence-electron chi connectivity index (χ4n) is 17.7. The zero-order valence-electron chi connectivity index (χ0n) is 71.0. The Balaban J connectivity index is 0.000000116. The average Bonchev–Trinajstić information content (AvgIpc) is 1.74. The molecule has 0 atom stereocenters. The minimum absolute atomic E-state index is 0.166. The van der Waals surface area contributed by atoms with Gasteiger partial charge in [0.2, 0.25) is 0 Å². The highest BCUT2D eigenvalue weighted by atomic mass is 35.5. The molecule has 20 rings (SSSR count). The zero-order chi connectivity index (χ0) is 88.9. The van der Waals surface area contributed by atoms with E-state index in [-0.39, 0.29) is 26.1 Å². The number of benzene rings is 10. The molecule has 9 heterocycles. The van der Waals surface area contributed by atoms with Crippen LogP contribution in [-0.4, -0.2) is 139 Å². The fraction of sp³-hybridized carbons (Fsp3) is 0.255. The van der Waals surface area contributed by atoms with Crippen molar-refractivity contribution < 1.29 is 50.9 Å². The van der Waals surface area contributed by atoms with Gasteiger partial charge < -0.3 is 42.9 Å². The van der Waals surface area contributed by atoms with Crippen LogP contribution in [0.4, 0.5) is 37.2 Å². The lowest BCUT2D eigenvalue weighted by Gasteiger charge is -2.23. The molecule has 1 aliphatic carbocycles. The van der Waals surface area contributed by atoms with E-state index in [0.29, 0.717) is 31.9 Å². The first-order valence-corrected chi connectivity index (χ1v) is 49.2. The molecular formula is C94H99ClF2N14O10S5. The first kappa shape index (κ1) is 88.1. The van der Waals surface area contributed by atoms with Gasteiger partial charge in [0.15, 0.2) is 0 Å². The molecule has 0 unspecified atom stereocenters. The summed E-state index contributed by atoms with van der Waals surface area (Å²) in [6.45, 7) is 7.27. The molecule has 0 spiro atoms. The minimum Gasteiger partial charge on any atom is -0.358 e. The number of aromatic amines is 1. The molecule has 0 amide bonds. The molecule has 656 valence electrons. The summed E-state index contributed by atoms with van der Waals surface area (Å²) in [5.74, 6) is -0.973. The molecule has 0 bridgehead atoms. The van der Waals surface area contributed by atoms with Crippen molar-refractivity contribution in [2.24, 2.45) is 28.2 Å². The van der Waals surface area contributed by atoms with E-state index in [1.165, 1.54) is 100.0 Å². The predicted octanol–water partition coefficient (Wildman–Crippen LogP) is 16.6. The molecule has 0 radical (unpaired) electrons. The second kappa shape index (κ2) is 35.8. The number of aromatic nitrogens is 5. The van der Waals surface area contributed by atoms with Crippen molar-refractivity contribution >= 4 is 145 Å². The van der Waals surface area contributed by atoms with E-state index in [4.69, 9.17) is 11.6 Å². The van der Waals surface area contributed by atoms with Crippen LogP contribution in [-0.2, 0) is 143 Å². The maximum Gasteiger partial charge on any atom is 0.261 e. The largest absolute Gasteiger partial charge is 0.358 e. The van der Waals surface area contributed by atoms with Crippen LogP contribution in [0.15, 0.2) is 249 Å². The third-order valence-electron chi connectivity index (χ3n) is 24.2. The number of H-pyrrole nitrogens is 1. The van der Waals surface area contributed by atoms with Crippen LogP contribution < -0.4 is 23.6 Å². The van der Waals surface area contributed by atoms with E-state index in [1.54, 1.807) is 109 Å². The number of anilines is 5. The molecular weight excluding hydrogens is 1720 g/mol. The van der Waals surface area contributed by atoms with Gasteiger partial charge in [-0.3, -0.25) is 23.6 Å². The summed E-state index contributed by atoms with van der Waals surface area (Å²) in [5.41, 5.74) is 19.7. The molecule has 5 aliphatic rings. The molecule has 0 saturated carbocycles. The fourth-order valence-corrected chi connectivity index (χ4v) is 23.3. The Hall–Kier alpha value is -11.4. The maximum atomic E-state index is 13.3.